The van der Waals surface area contributed by atoms with Crippen LogP contribution in [-0.4, -0.2) is 29.4 Å². The van der Waals surface area contributed by atoms with Crippen molar-refractivity contribution < 1.29 is 4.79 Å². The number of rotatable bonds is 0. The van der Waals surface area contributed by atoms with E-state index in [-0.39, 0.29) is 18.0 Å². The Kier molecular flexibility index (Phi) is 2.72. The minimum atomic E-state index is -0.238. The van der Waals surface area contributed by atoms with Gasteiger partial charge in [0.1, 0.15) is 0 Å². The van der Waals surface area contributed by atoms with Crippen LogP contribution in [0.1, 0.15) is 19.8 Å². The predicted molar refractivity (Wildman–Crippen MR) is 47.2 cm³/mol. The van der Waals surface area contributed by atoms with Gasteiger partial charge in [0.25, 0.3) is 5.91 Å². The standard InChI is InChI=1S/C9H14N2O/c1-3-9(12)11-6-4-5-8(10)7(11)2/h1,7-8H,4-6,10H2,2H3. The third-order valence-corrected chi connectivity index (χ3v) is 2.43. The van der Waals surface area contributed by atoms with Crippen molar-refractivity contribution in [3.8, 4) is 12.3 Å². The molecule has 1 fully saturated rings. The molecule has 2 N–H and O–H groups in total. The molecule has 0 aromatic heterocycles. The summed E-state index contributed by atoms with van der Waals surface area (Å²) < 4.78 is 0. The molecular formula is C9H14N2O. The van der Waals surface area contributed by atoms with E-state index >= 15 is 0 Å². The monoisotopic (exact) mass is 166 g/mol. The second kappa shape index (κ2) is 3.59. The van der Waals surface area contributed by atoms with Crippen LogP contribution in [-0.2, 0) is 4.79 Å². The van der Waals surface area contributed by atoms with Gasteiger partial charge in [0.15, 0.2) is 0 Å². The summed E-state index contributed by atoms with van der Waals surface area (Å²) in [5, 5.41) is 0. The lowest BCUT2D eigenvalue weighted by molar-refractivity contribution is -0.128. The van der Waals surface area contributed by atoms with E-state index in [9.17, 15) is 4.79 Å². The largest absolute Gasteiger partial charge is 0.328 e. The van der Waals surface area contributed by atoms with Crippen molar-refractivity contribution in [1.29, 1.82) is 0 Å². The molecule has 0 aliphatic carbocycles. The molecule has 0 spiro atoms. The van der Waals surface area contributed by atoms with E-state index in [2.05, 4.69) is 5.92 Å². The van der Waals surface area contributed by atoms with Gasteiger partial charge < -0.3 is 10.6 Å². The quantitative estimate of drug-likeness (QED) is 0.513. The molecule has 12 heavy (non-hydrogen) atoms. The highest BCUT2D eigenvalue weighted by Crippen LogP contribution is 2.15. The molecule has 1 rings (SSSR count). The van der Waals surface area contributed by atoms with Crippen LogP contribution in [0, 0.1) is 12.3 Å². The van der Waals surface area contributed by atoms with E-state index in [0.29, 0.717) is 0 Å². The smallest absolute Gasteiger partial charge is 0.298 e. The Hall–Kier alpha value is -1.01. The molecule has 0 bridgehead atoms. The molecule has 1 heterocycles. The average molecular weight is 166 g/mol. The minimum Gasteiger partial charge on any atom is -0.328 e. The summed E-state index contributed by atoms with van der Waals surface area (Å²) in [6.45, 7) is 2.69. The van der Waals surface area contributed by atoms with Crippen LogP contribution in [0.2, 0.25) is 0 Å². The Labute approximate surface area is 72.9 Å². The summed E-state index contributed by atoms with van der Waals surface area (Å²) in [5.41, 5.74) is 5.80. The van der Waals surface area contributed by atoms with E-state index in [1.54, 1.807) is 4.90 Å². The van der Waals surface area contributed by atoms with E-state index in [0.717, 1.165) is 19.4 Å². The number of hydrogen-bond donors (Lipinski definition) is 1. The number of hydrogen-bond acceptors (Lipinski definition) is 2. The fourth-order valence-electron chi connectivity index (χ4n) is 1.54. The van der Waals surface area contributed by atoms with E-state index in [1.165, 1.54) is 0 Å². The van der Waals surface area contributed by atoms with Crippen LogP contribution in [0.25, 0.3) is 0 Å². The van der Waals surface area contributed by atoms with Crippen molar-refractivity contribution in [2.75, 3.05) is 6.54 Å². The number of carbonyl (C=O) groups excluding carboxylic acids is 1. The maximum Gasteiger partial charge on any atom is 0.298 e. The second-order valence-corrected chi connectivity index (χ2v) is 3.19. The molecule has 1 aliphatic rings. The van der Waals surface area contributed by atoms with Gasteiger partial charge in [-0.15, -0.1) is 6.42 Å². The molecule has 0 radical (unpaired) electrons. The highest BCUT2D eigenvalue weighted by molar-refractivity contribution is 5.93. The third-order valence-electron chi connectivity index (χ3n) is 2.43. The SMILES string of the molecule is C#CC(=O)N1CCCC(N)C1C. The molecule has 66 valence electrons. The Morgan fingerprint density at radius 1 is 1.75 bits per heavy atom. The van der Waals surface area contributed by atoms with Gasteiger partial charge in [0.05, 0.1) is 0 Å². The van der Waals surface area contributed by atoms with Crippen molar-refractivity contribution in [3.63, 3.8) is 0 Å². The highest BCUT2D eigenvalue weighted by atomic mass is 16.2. The van der Waals surface area contributed by atoms with Gasteiger partial charge in [-0.05, 0) is 25.7 Å². The summed E-state index contributed by atoms with van der Waals surface area (Å²) in [4.78, 5) is 12.8. The zero-order chi connectivity index (χ0) is 9.14. The molecule has 1 saturated heterocycles. The van der Waals surface area contributed by atoms with Crippen molar-refractivity contribution >= 4 is 5.91 Å². The molecule has 0 saturated carbocycles. The first-order valence-corrected chi connectivity index (χ1v) is 4.19. The Balaban J connectivity index is 2.65. The zero-order valence-corrected chi connectivity index (χ0v) is 7.29. The molecule has 3 nitrogen and oxygen atoms in total. The normalized spacial score (nSPS) is 29.6. The lowest BCUT2D eigenvalue weighted by atomic mass is 9.98. The minimum absolute atomic E-state index is 0.0797. The average Bonchev–Trinajstić information content (AvgIpc) is 2.08. The number of likely N-dealkylation sites (tertiary alicyclic amines) is 1. The summed E-state index contributed by atoms with van der Waals surface area (Å²) in [6.07, 6.45) is 6.97. The number of piperidine rings is 1. The predicted octanol–water partition coefficient (Wildman–Crippen LogP) is -0.0422. The fraction of sp³-hybridized carbons (Fsp3) is 0.667. The van der Waals surface area contributed by atoms with Gasteiger partial charge in [-0.25, -0.2) is 0 Å². The van der Waals surface area contributed by atoms with Crippen LogP contribution in [0.3, 0.4) is 0 Å². The van der Waals surface area contributed by atoms with Gasteiger partial charge in [-0.3, -0.25) is 4.79 Å². The molecule has 1 aliphatic heterocycles. The van der Waals surface area contributed by atoms with Crippen LogP contribution >= 0.6 is 0 Å². The molecule has 0 aromatic carbocycles. The van der Waals surface area contributed by atoms with E-state index < -0.39 is 0 Å². The third kappa shape index (κ3) is 1.59. The summed E-state index contributed by atoms with van der Waals surface area (Å²) in [6, 6.07) is 0.165. The first-order chi connectivity index (χ1) is 5.66. The highest BCUT2D eigenvalue weighted by Gasteiger charge is 2.27. The van der Waals surface area contributed by atoms with Crippen molar-refractivity contribution in [1.82, 2.24) is 4.90 Å². The van der Waals surface area contributed by atoms with Gasteiger partial charge in [-0.1, -0.05) is 0 Å². The van der Waals surface area contributed by atoms with E-state index in [1.807, 2.05) is 6.92 Å². The molecule has 1 amide bonds. The number of carbonyl (C=O) groups is 1. The van der Waals surface area contributed by atoms with Crippen molar-refractivity contribution in [2.45, 2.75) is 31.8 Å². The van der Waals surface area contributed by atoms with Gasteiger partial charge >= 0.3 is 0 Å². The summed E-state index contributed by atoms with van der Waals surface area (Å²) >= 11 is 0. The van der Waals surface area contributed by atoms with Gasteiger partial charge in [-0.2, -0.15) is 0 Å². The Bertz CT molecular complexity index is 219. The molecular weight excluding hydrogens is 152 g/mol. The van der Waals surface area contributed by atoms with E-state index in [4.69, 9.17) is 12.2 Å². The fourth-order valence-corrected chi connectivity index (χ4v) is 1.54. The van der Waals surface area contributed by atoms with Gasteiger partial charge in [0.2, 0.25) is 0 Å². The summed E-state index contributed by atoms with van der Waals surface area (Å²) in [7, 11) is 0. The maximum atomic E-state index is 11.2. The Morgan fingerprint density at radius 2 is 2.42 bits per heavy atom. The van der Waals surface area contributed by atoms with Crippen LogP contribution in [0.4, 0.5) is 0 Å². The number of nitrogens with zero attached hydrogens (tertiary/aromatic N) is 1. The maximum absolute atomic E-state index is 11.2. The van der Waals surface area contributed by atoms with Crippen LogP contribution in [0.15, 0.2) is 0 Å². The number of nitrogens with two attached hydrogens (primary N) is 1. The first-order valence-electron chi connectivity index (χ1n) is 4.19. The molecule has 0 aromatic rings. The van der Waals surface area contributed by atoms with Crippen molar-refractivity contribution in [2.24, 2.45) is 5.73 Å². The summed E-state index contributed by atoms with van der Waals surface area (Å²) in [5.74, 6) is 1.88. The molecule has 2 atom stereocenters. The second-order valence-electron chi connectivity index (χ2n) is 3.19. The Morgan fingerprint density at radius 3 is 3.00 bits per heavy atom. The van der Waals surface area contributed by atoms with Crippen LogP contribution in [0.5, 0.6) is 0 Å². The molecule has 3 heteroatoms. The lowest BCUT2D eigenvalue weighted by Gasteiger charge is -2.36. The first kappa shape index (κ1) is 9.08. The zero-order valence-electron chi connectivity index (χ0n) is 7.29. The number of amides is 1. The van der Waals surface area contributed by atoms with Crippen LogP contribution < -0.4 is 5.73 Å². The topological polar surface area (TPSA) is 46.3 Å². The molecule has 2 unspecified atom stereocenters. The van der Waals surface area contributed by atoms with Gasteiger partial charge in [0, 0.05) is 18.6 Å². The lowest BCUT2D eigenvalue weighted by Crippen LogP contribution is -2.52. The number of terminal acetylenes is 1. The van der Waals surface area contributed by atoms with Crippen molar-refractivity contribution in [3.05, 3.63) is 0 Å².